The van der Waals surface area contributed by atoms with E-state index in [1.807, 2.05) is 18.2 Å². The summed E-state index contributed by atoms with van der Waals surface area (Å²) in [7, 11) is 0. The van der Waals surface area contributed by atoms with Crippen LogP contribution in [0, 0.1) is 5.41 Å². The molecule has 2 aliphatic heterocycles. The number of carbonyl (C=O) groups is 2. The van der Waals surface area contributed by atoms with Crippen molar-refractivity contribution in [3.05, 3.63) is 65.5 Å². The summed E-state index contributed by atoms with van der Waals surface area (Å²) in [6.45, 7) is 1.83. The van der Waals surface area contributed by atoms with E-state index in [-0.39, 0.29) is 18.2 Å². The fourth-order valence-electron chi connectivity index (χ4n) is 4.34. The number of carbonyl (C=O) groups excluding carboxylic acids is 2. The highest BCUT2D eigenvalue weighted by molar-refractivity contribution is 5.87. The van der Waals surface area contributed by atoms with Gasteiger partial charge in [0.2, 0.25) is 11.8 Å². The molecule has 0 aliphatic carbocycles. The molecule has 0 radical (unpaired) electrons. The van der Waals surface area contributed by atoms with Crippen LogP contribution in [0.2, 0.25) is 0 Å². The van der Waals surface area contributed by atoms with E-state index in [9.17, 15) is 22.8 Å². The summed E-state index contributed by atoms with van der Waals surface area (Å²) >= 11 is 0. The molecule has 158 valence electrons. The minimum absolute atomic E-state index is 0.0301. The molecule has 1 unspecified atom stereocenters. The Morgan fingerprint density at radius 1 is 1.10 bits per heavy atom. The van der Waals surface area contributed by atoms with Gasteiger partial charge < -0.3 is 9.80 Å². The number of pyridine rings is 1. The van der Waals surface area contributed by atoms with Crippen LogP contribution in [0.25, 0.3) is 0 Å². The molecular formula is C22H22F3N3O2. The van der Waals surface area contributed by atoms with Gasteiger partial charge in [0.15, 0.2) is 0 Å². The molecule has 2 fully saturated rings. The number of benzene rings is 1. The van der Waals surface area contributed by atoms with Gasteiger partial charge in [0.1, 0.15) is 0 Å². The second-order valence-corrected chi connectivity index (χ2v) is 8.02. The molecule has 0 N–H and O–H groups in total. The number of nitrogens with zero attached hydrogens (tertiary/aromatic N) is 3. The van der Waals surface area contributed by atoms with Crippen molar-refractivity contribution in [1.82, 2.24) is 14.8 Å². The van der Waals surface area contributed by atoms with E-state index in [0.717, 1.165) is 17.8 Å². The summed E-state index contributed by atoms with van der Waals surface area (Å²) in [5.41, 5.74) is -0.205. The lowest BCUT2D eigenvalue weighted by Gasteiger charge is -2.23. The van der Waals surface area contributed by atoms with Crippen molar-refractivity contribution in [3.8, 4) is 0 Å². The SMILES string of the molecule is O=C(Cc1cccc(C(F)(F)F)c1)N1CCC2(CCN(Cc3ccccn3)C2=O)C1. The Morgan fingerprint density at radius 2 is 1.90 bits per heavy atom. The minimum atomic E-state index is -4.44. The maximum atomic E-state index is 13.1. The maximum absolute atomic E-state index is 13.1. The quantitative estimate of drug-likeness (QED) is 0.767. The average molecular weight is 417 g/mol. The zero-order chi connectivity index (χ0) is 21.4. The smallest absolute Gasteiger partial charge is 0.341 e. The molecule has 1 atom stereocenters. The molecular weight excluding hydrogens is 395 g/mol. The van der Waals surface area contributed by atoms with E-state index in [1.165, 1.54) is 12.1 Å². The molecule has 1 spiro atoms. The molecule has 8 heteroatoms. The number of aromatic nitrogens is 1. The van der Waals surface area contributed by atoms with E-state index in [0.29, 0.717) is 44.6 Å². The summed E-state index contributed by atoms with van der Waals surface area (Å²) in [4.78, 5) is 33.4. The maximum Gasteiger partial charge on any atom is 0.416 e. The number of likely N-dealkylation sites (tertiary alicyclic amines) is 2. The van der Waals surface area contributed by atoms with Gasteiger partial charge >= 0.3 is 6.18 Å². The van der Waals surface area contributed by atoms with Crippen LogP contribution in [-0.4, -0.2) is 46.2 Å². The Kier molecular flexibility index (Phi) is 5.26. The van der Waals surface area contributed by atoms with Gasteiger partial charge in [-0.15, -0.1) is 0 Å². The van der Waals surface area contributed by atoms with Crippen LogP contribution < -0.4 is 0 Å². The standard InChI is InChI=1S/C22H22F3N3O2/c23-22(24,25)17-5-3-4-16(12-17)13-19(29)28-11-8-21(15-28)7-10-27(20(21)30)14-18-6-1-2-9-26-18/h1-6,9,12H,7-8,10-11,13-15H2. The zero-order valence-corrected chi connectivity index (χ0v) is 16.4. The number of amides is 2. The summed E-state index contributed by atoms with van der Waals surface area (Å²) in [6, 6.07) is 10.4. The van der Waals surface area contributed by atoms with Gasteiger partial charge in [0, 0.05) is 25.8 Å². The van der Waals surface area contributed by atoms with Crippen molar-refractivity contribution in [1.29, 1.82) is 0 Å². The average Bonchev–Trinajstić information content (AvgIpc) is 3.28. The van der Waals surface area contributed by atoms with Gasteiger partial charge in [-0.2, -0.15) is 13.2 Å². The topological polar surface area (TPSA) is 53.5 Å². The van der Waals surface area contributed by atoms with Gasteiger partial charge in [-0.25, -0.2) is 0 Å². The van der Waals surface area contributed by atoms with Crippen molar-refractivity contribution in [2.45, 2.75) is 32.0 Å². The van der Waals surface area contributed by atoms with Gasteiger partial charge in [-0.3, -0.25) is 14.6 Å². The van der Waals surface area contributed by atoms with Crippen molar-refractivity contribution in [2.24, 2.45) is 5.41 Å². The molecule has 2 aromatic rings. The van der Waals surface area contributed by atoms with E-state index >= 15 is 0 Å². The second kappa shape index (κ2) is 7.74. The summed E-state index contributed by atoms with van der Waals surface area (Å²) in [5, 5.41) is 0. The Labute approximate surface area is 172 Å². The van der Waals surface area contributed by atoms with E-state index in [2.05, 4.69) is 4.98 Å². The molecule has 3 heterocycles. The molecule has 30 heavy (non-hydrogen) atoms. The van der Waals surface area contributed by atoms with Crippen LogP contribution in [0.3, 0.4) is 0 Å². The molecule has 2 saturated heterocycles. The van der Waals surface area contributed by atoms with Crippen LogP contribution >= 0.6 is 0 Å². The lowest BCUT2D eigenvalue weighted by molar-refractivity contribution is -0.138. The second-order valence-electron chi connectivity index (χ2n) is 8.02. The molecule has 0 saturated carbocycles. The fraction of sp³-hybridized carbons (Fsp3) is 0.409. The summed E-state index contributed by atoms with van der Waals surface area (Å²) < 4.78 is 38.7. The lowest BCUT2D eigenvalue weighted by atomic mass is 9.85. The number of hydrogen-bond donors (Lipinski definition) is 0. The third-order valence-electron chi connectivity index (χ3n) is 6.00. The number of rotatable bonds is 4. The molecule has 1 aromatic carbocycles. The monoisotopic (exact) mass is 417 g/mol. The molecule has 0 bridgehead atoms. The predicted octanol–water partition coefficient (Wildman–Crippen LogP) is 3.29. The molecule has 2 amide bonds. The fourth-order valence-corrected chi connectivity index (χ4v) is 4.34. The van der Waals surface area contributed by atoms with Crippen LogP contribution in [0.15, 0.2) is 48.7 Å². The first-order valence-electron chi connectivity index (χ1n) is 9.90. The van der Waals surface area contributed by atoms with Crippen LogP contribution in [0.1, 0.15) is 29.7 Å². The predicted molar refractivity (Wildman–Crippen MR) is 103 cm³/mol. The van der Waals surface area contributed by atoms with Crippen LogP contribution in [0.5, 0.6) is 0 Å². The summed E-state index contributed by atoms with van der Waals surface area (Å²) in [6.07, 6.45) is -1.60. The van der Waals surface area contributed by atoms with E-state index < -0.39 is 17.2 Å². The van der Waals surface area contributed by atoms with Crippen LogP contribution in [-0.2, 0) is 28.7 Å². The van der Waals surface area contributed by atoms with Crippen molar-refractivity contribution in [2.75, 3.05) is 19.6 Å². The Morgan fingerprint density at radius 3 is 2.63 bits per heavy atom. The zero-order valence-electron chi connectivity index (χ0n) is 16.4. The summed E-state index contributed by atoms with van der Waals surface area (Å²) in [5.74, 6) is -0.218. The molecule has 4 rings (SSSR count). The highest BCUT2D eigenvalue weighted by Gasteiger charge is 2.51. The van der Waals surface area contributed by atoms with E-state index in [4.69, 9.17) is 0 Å². The number of hydrogen-bond acceptors (Lipinski definition) is 3. The molecule has 1 aromatic heterocycles. The number of halogens is 3. The van der Waals surface area contributed by atoms with Crippen molar-refractivity contribution in [3.63, 3.8) is 0 Å². The third kappa shape index (κ3) is 4.04. The third-order valence-corrected chi connectivity index (χ3v) is 6.00. The van der Waals surface area contributed by atoms with Gasteiger partial charge in [-0.05, 0) is 36.6 Å². The van der Waals surface area contributed by atoms with Gasteiger partial charge in [0.05, 0.1) is 29.6 Å². The first-order chi connectivity index (χ1) is 14.3. The molecule has 2 aliphatic rings. The van der Waals surface area contributed by atoms with Crippen molar-refractivity contribution < 1.29 is 22.8 Å². The largest absolute Gasteiger partial charge is 0.416 e. The van der Waals surface area contributed by atoms with Gasteiger partial charge in [0.25, 0.3) is 0 Å². The normalized spacial score (nSPS) is 21.6. The Balaban J connectivity index is 1.39. The number of alkyl halides is 3. The highest BCUT2D eigenvalue weighted by Crippen LogP contribution is 2.41. The molecule has 5 nitrogen and oxygen atoms in total. The Hall–Kier alpha value is -2.90. The minimum Gasteiger partial charge on any atom is -0.341 e. The highest BCUT2D eigenvalue weighted by atomic mass is 19.4. The Bertz CT molecular complexity index is 948. The first-order valence-corrected chi connectivity index (χ1v) is 9.90. The first kappa shape index (κ1) is 20.4. The van der Waals surface area contributed by atoms with E-state index in [1.54, 1.807) is 16.0 Å². The van der Waals surface area contributed by atoms with Crippen molar-refractivity contribution >= 4 is 11.8 Å². The van der Waals surface area contributed by atoms with Crippen LogP contribution in [0.4, 0.5) is 13.2 Å². The van der Waals surface area contributed by atoms with Gasteiger partial charge in [-0.1, -0.05) is 24.3 Å². The lowest BCUT2D eigenvalue weighted by Crippen LogP contribution is -2.38.